The van der Waals surface area contributed by atoms with Crippen molar-refractivity contribution in [3.63, 3.8) is 0 Å². The molecule has 4 rings (SSSR count). The van der Waals surface area contributed by atoms with Gasteiger partial charge in [-0.15, -0.1) is 12.4 Å². The van der Waals surface area contributed by atoms with E-state index in [9.17, 15) is 0 Å². The van der Waals surface area contributed by atoms with E-state index in [0.717, 1.165) is 42.5 Å². The van der Waals surface area contributed by atoms with E-state index in [1.807, 2.05) is 42.5 Å². The highest BCUT2D eigenvalue weighted by Crippen LogP contribution is 2.22. The van der Waals surface area contributed by atoms with E-state index in [0.29, 0.717) is 19.8 Å². The molecule has 1 saturated heterocycles. The van der Waals surface area contributed by atoms with Crippen LogP contribution >= 0.6 is 12.4 Å². The minimum atomic E-state index is 0. The van der Waals surface area contributed by atoms with Crippen LogP contribution in [0.3, 0.4) is 0 Å². The van der Waals surface area contributed by atoms with E-state index in [4.69, 9.17) is 14.3 Å². The lowest BCUT2D eigenvalue weighted by Gasteiger charge is -2.31. The minimum Gasteiger partial charge on any atom is -0.491 e. The van der Waals surface area contributed by atoms with Gasteiger partial charge < -0.3 is 9.47 Å². The average Bonchev–Trinajstić information content (AvgIpc) is 2.88. The molecular weight excluding hydrogens is 446 g/mol. The number of benzene rings is 3. The highest BCUT2D eigenvalue weighted by Gasteiger charge is 2.20. The summed E-state index contributed by atoms with van der Waals surface area (Å²) in [6.07, 6.45) is 4.64. The molecule has 0 saturated carbocycles. The van der Waals surface area contributed by atoms with E-state index in [1.54, 1.807) is 0 Å². The van der Waals surface area contributed by atoms with Crippen molar-refractivity contribution in [3.8, 4) is 11.5 Å². The Morgan fingerprint density at radius 2 is 1.32 bits per heavy atom. The molecule has 1 aliphatic rings. The number of halogens is 1. The van der Waals surface area contributed by atoms with Gasteiger partial charge >= 0.3 is 0 Å². The zero-order valence-corrected chi connectivity index (χ0v) is 20.8. The minimum absolute atomic E-state index is 0. The van der Waals surface area contributed by atoms with Crippen LogP contribution in [0.2, 0.25) is 0 Å². The Kier molecular flexibility index (Phi) is 10.7. The van der Waals surface area contributed by atoms with E-state index >= 15 is 0 Å². The molecule has 0 spiro atoms. The number of hydrogen-bond acceptors (Lipinski definition) is 4. The van der Waals surface area contributed by atoms with Crippen molar-refractivity contribution in [2.24, 2.45) is 5.92 Å². The number of hydroxylamine groups is 2. The van der Waals surface area contributed by atoms with Crippen molar-refractivity contribution in [2.75, 3.05) is 26.3 Å². The van der Waals surface area contributed by atoms with Crippen LogP contribution in [0.25, 0.3) is 0 Å². The van der Waals surface area contributed by atoms with E-state index < -0.39 is 0 Å². The third-order valence-electron chi connectivity index (χ3n) is 6.23. The predicted octanol–water partition coefficient (Wildman–Crippen LogP) is 6.51. The first-order valence-electron chi connectivity index (χ1n) is 12.1. The Hall–Kier alpha value is -2.53. The molecule has 3 aromatic rings. The molecule has 0 unspecified atom stereocenters. The molecule has 0 amide bonds. The van der Waals surface area contributed by atoms with Gasteiger partial charge in [-0.05, 0) is 72.6 Å². The molecule has 0 aromatic heterocycles. The summed E-state index contributed by atoms with van der Waals surface area (Å²) in [6.45, 7) is 5.85. The first-order valence-corrected chi connectivity index (χ1v) is 12.1. The Labute approximate surface area is 210 Å². The van der Waals surface area contributed by atoms with Crippen molar-refractivity contribution in [3.05, 3.63) is 95.6 Å². The van der Waals surface area contributed by atoms with Crippen molar-refractivity contribution >= 4 is 12.4 Å². The Morgan fingerprint density at radius 1 is 0.706 bits per heavy atom. The van der Waals surface area contributed by atoms with E-state index in [-0.39, 0.29) is 12.4 Å². The van der Waals surface area contributed by atoms with Gasteiger partial charge in [-0.3, -0.25) is 4.84 Å². The molecule has 34 heavy (non-hydrogen) atoms. The van der Waals surface area contributed by atoms with E-state index in [2.05, 4.69) is 48.4 Å². The summed E-state index contributed by atoms with van der Waals surface area (Å²) in [5.74, 6) is 2.42. The van der Waals surface area contributed by atoms with Gasteiger partial charge in [0.2, 0.25) is 0 Å². The van der Waals surface area contributed by atoms with Gasteiger partial charge in [0.05, 0.1) is 0 Å². The lowest BCUT2D eigenvalue weighted by molar-refractivity contribution is -0.178. The summed E-state index contributed by atoms with van der Waals surface area (Å²) < 4.78 is 11.6. The van der Waals surface area contributed by atoms with Crippen LogP contribution in [0.5, 0.6) is 11.5 Å². The van der Waals surface area contributed by atoms with Crippen LogP contribution in [0.4, 0.5) is 0 Å². The third-order valence-corrected chi connectivity index (χ3v) is 6.23. The van der Waals surface area contributed by atoms with Crippen molar-refractivity contribution in [1.82, 2.24) is 5.06 Å². The first-order chi connectivity index (χ1) is 16.3. The Bertz CT molecular complexity index is 939. The van der Waals surface area contributed by atoms with Crippen molar-refractivity contribution in [1.29, 1.82) is 0 Å². The second-order valence-corrected chi connectivity index (χ2v) is 8.67. The summed E-state index contributed by atoms with van der Waals surface area (Å²) in [4.78, 5) is 5.93. The Balaban J connectivity index is 0.00000324. The van der Waals surface area contributed by atoms with Gasteiger partial charge in [-0.2, -0.15) is 5.06 Å². The summed E-state index contributed by atoms with van der Waals surface area (Å²) in [5.41, 5.74) is 4.03. The summed E-state index contributed by atoms with van der Waals surface area (Å²) in [5, 5.41) is 2.10. The predicted molar refractivity (Wildman–Crippen MR) is 140 cm³/mol. The van der Waals surface area contributed by atoms with Crippen LogP contribution in [0.1, 0.15) is 36.5 Å². The summed E-state index contributed by atoms with van der Waals surface area (Å²) in [6, 6.07) is 27.1. The molecule has 0 bridgehead atoms. The quantitative estimate of drug-likeness (QED) is 0.292. The molecule has 0 aliphatic carbocycles. The van der Waals surface area contributed by atoms with Crippen LogP contribution in [-0.2, 0) is 24.3 Å². The SMILES string of the molecule is CCc1ccc(CC2CCN(OCCOc3ccc(OCc4ccccc4)cc3)CC2)cc1.Cl. The van der Waals surface area contributed by atoms with Crippen LogP contribution in [0, 0.1) is 5.92 Å². The number of nitrogens with zero attached hydrogens (tertiary/aromatic N) is 1. The number of aryl methyl sites for hydroxylation is 1. The van der Waals surface area contributed by atoms with Gasteiger partial charge in [-0.25, -0.2) is 0 Å². The smallest absolute Gasteiger partial charge is 0.120 e. The van der Waals surface area contributed by atoms with Crippen molar-refractivity contribution < 1.29 is 14.3 Å². The Morgan fingerprint density at radius 3 is 1.97 bits per heavy atom. The zero-order valence-electron chi connectivity index (χ0n) is 20.0. The molecule has 182 valence electrons. The van der Waals surface area contributed by atoms with Crippen LogP contribution in [-0.4, -0.2) is 31.4 Å². The maximum absolute atomic E-state index is 5.93. The highest BCUT2D eigenvalue weighted by atomic mass is 35.5. The monoisotopic (exact) mass is 481 g/mol. The molecule has 1 heterocycles. The fourth-order valence-corrected chi connectivity index (χ4v) is 4.19. The molecule has 0 N–H and O–H groups in total. The molecule has 5 heteroatoms. The third kappa shape index (κ3) is 8.35. The normalized spacial score (nSPS) is 14.4. The van der Waals surface area contributed by atoms with Gasteiger partial charge in [0, 0.05) is 13.1 Å². The standard InChI is InChI=1S/C29H35NO3.ClH/c1-2-24-8-10-25(11-9-24)22-26-16-18-30(19-17-26)33-21-20-31-28-12-14-29(15-13-28)32-23-27-6-4-3-5-7-27;/h3-15,26H,2,16-23H2,1H3;1H. The maximum Gasteiger partial charge on any atom is 0.120 e. The molecular formula is C29H36ClNO3. The van der Waals surface area contributed by atoms with Gasteiger partial charge in [-0.1, -0.05) is 61.5 Å². The molecule has 3 aromatic carbocycles. The largest absolute Gasteiger partial charge is 0.491 e. The molecule has 0 atom stereocenters. The molecule has 0 radical (unpaired) electrons. The summed E-state index contributed by atoms with van der Waals surface area (Å²) >= 11 is 0. The molecule has 4 nitrogen and oxygen atoms in total. The van der Waals surface area contributed by atoms with Crippen LogP contribution in [0.15, 0.2) is 78.9 Å². The first kappa shape index (κ1) is 26.1. The summed E-state index contributed by atoms with van der Waals surface area (Å²) in [7, 11) is 0. The second kappa shape index (κ2) is 14.0. The van der Waals surface area contributed by atoms with Gasteiger partial charge in [0.15, 0.2) is 0 Å². The topological polar surface area (TPSA) is 30.9 Å². The average molecular weight is 482 g/mol. The molecule has 1 fully saturated rings. The van der Waals surface area contributed by atoms with E-state index in [1.165, 1.54) is 30.4 Å². The maximum atomic E-state index is 5.93. The fraction of sp³-hybridized carbons (Fsp3) is 0.379. The second-order valence-electron chi connectivity index (χ2n) is 8.67. The number of hydrogen-bond donors (Lipinski definition) is 0. The van der Waals surface area contributed by atoms with Crippen molar-refractivity contribution in [2.45, 2.75) is 39.2 Å². The van der Waals surface area contributed by atoms with Gasteiger partial charge in [0.1, 0.15) is 31.3 Å². The number of rotatable bonds is 11. The molecule has 1 aliphatic heterocycles. The lowest BCUT2D eigenvalue weighted by atomic mass is 9.90. The lowest BCUT2D eigenvalue weighted by Crippen LogP contribution is -2.35. The zero-order chi connectivity index (χ0) is 22.7. The van der Waals surface area contributed by atoms with Crippen LogP contribution < -0.4 is 9.47 Å². The number of piperidine rings is 1. The fourth-order valence-electron chi connectivity index (χ4n) is 4.19. The van der Waals surface area contributed by atoms with Gasteiger partial charge in [0.25, 0.3) is 0 Å². The highest BCUT2D eigenvalue weighted by molar-refractivity contribution is 5.85. The number of ether oxygens (including phenoxy) is 2.